The average Bonchev–Trinajstić information content (AvgIpc) is 2.77. The van der Waals surface area contributed by atoms with E-state index in [-0.39, 0.29) is 17.8 Å². The maximum Gasteiger partial charge on any atom is 0.331 e. The number of aliphatic carboxylic acids is 1. The topological polar surface area (TPSA) is 97.7 Å². The largest absolute Gasteiger partial charge is 0.481 e. The van der Waals surface area contributed by atoms with Crippen LogP contribution in [-0.2, 0) is 23.9 Å². The quantitative estimate of drug-likeness (QED) is 0.203. The summed E-state index contributed by atoms with van der Waals surface area (Å²) < 4.78 is 5.70. The summed E-state index contributed by atoms with van der Waals surface area (Å²) in [6.45, 7) is 13.9. The van der Waals surface area contributed by atoms with Gasteiger partial charge in [0.05, 0.1) is 11.8 Å². The maximum absolute atomic E-state index is 12.7. The highest BCUT2D eigenvalue weighted by molar-refractivity contribution is 6.00. The molecule has 0 saturated heterocycles. The van der Waals surface area contributed by atoms with Crippen molar-refractivity contribution in [1.29, 1.82) is 0 Å². The zero-order chi connectivity index (χ0) is 25.6. The van der Waals surface area contributed by atoms with Crippen LogP contribution in [0.5, 0.6) is 0 Å². The smallest absolute Gasteiger partial charge is 0.331 e. The monoisotopic (exact) mass is 470 g/mol. The first-order chi connectivity index (χ1) is 15.9. The van der Waals surface area contributed by atoms with Crippen molar-refractivity contribution in [1.82, 2.24) is 0 Å². The predicted octanol–water partition coefficient (Wildman–Crippen LogP) is 5.24. The first-order valence-electron chi connectivity index (χ1n) is 12.1. The Morgan fingerprint density at radius 3 is 2.56 bits per heavy atom. The zero-order valence-electron chi connectivity index (χ0n) is 21.0. The number of fused-ring (bicyclic) bond motifs is 1. The minimum atomic E-state index is -0.963. The molecule has 0 radical (unpaired) electrons. The number of hydrogen-bond donors (Lipinski definition) is 1. The van der Waals surface area contributed by atoms with E-state index in [0.717, 1.165) is 18.4 Å². The summed E-state index contributed by atoms with van der Waals surface area (Å²) >= 11 is 0. The number of esters is 1. The molecule has 2 rings (SSSR count). The Bertz CT molecular complexity index is 923. The third-order valence-corrected chi connectivity index (χ3v) is 7.42. The number of allylic oxidation sites excluding steroid dienone is 5. The highest BCUT2D eigenvalue weighted by Gasteiger charge is 2.53. The molecular weight excluding hydrogens is 432 g/mol. The third-order valence-electron chi connectivity index (χ3n) is 7.42. The van der Waals surface area contributed by atoms with Crippen LogP contribution in [-0.4, -0.2) is 35.2 Å². The van der Waals surface area contributed by atoms with Gasteiger partial charge in [0.1, 0.15) is 12.4 Å². The highest BCUT2D eigenvalue weighted by Crippen LogP contribution is 2.53. The normalized spacial score (nSPS) is 29.1. The second-order valence-electron chi connectivity index (χ2n) is 10.2. The summed E-state index contributed by atoms with van der Waals surface area (Å²) in [5, 5.41) is 9.82. The van der Waals surface area contributed by atoms with Gasteiger partial charge in [0.25, 0.3) is 0 Å². The summed E-state index contributed by atoms with van der Waals surface area (Å²) in [5.74, 6) is -2.26. The van der Waals surface area contributed by atoms with E-state index in [2.05, 4.69) is 33.4 Å². The van der Waals surface area contributed by atoms with Crippen molar-refractivity contribution in [2.24, 2.45) is 29.1 Å². The lowest BCUT2D eigenvalue weighted by atomic mass is 9.56. The maximum atomic E-state index is 12.7. The van der Waals surface area contributed by atoms with Crippen LogP contribution in [0.3, 0.4) is 0 Å². The van der Waals surface area contributed by atoms with Crippen molar-refractivity contribution < 1.29 is 29.0 Å². The Hall–Kier alpha value is -2.76. The molecule has 0 unspecified atom stereocenters. The molecule has 0 aliphatic heterocycles. The van der Waals surface area contributed by atoms with E-state index in [9.17, 15) is 24.3 Å². The van der Waals surface area contributed by atoms with Crippen molar-refractivity contribution >= 4 is 24.0 Å². The summed E-state index contributed by atoms with van der Waals surface area (Å²) in [5.41, 5.74) is 0.707. The summed E-state index contributed by atoms with van der Waals surface area (Å²) in [6, 6.07) is 0. The fourth-order valence-corrected chi connectivity index (χ4v) is 5.32. The van der Waals surface area contributed by atoms with Crippen molar-refractivity contribution in [3.63, 3.8) is 0 Å². The van der Waals surface area contributed by atoms with Crippen LogP contribution in [0.15, 0.2) is 47.6 Å². The van der Waals surface area contributed by atoms with Gasteiger partial charge >= 0.3 is 11.9 Å². The molecule has 6 nitrogen and oxygen atoms in total. The molecule has 34 heavy (non-hydrogen) atoms. The number of rotatable bonds is 10. The van der Waals surface area contributed by atoms with Gasteiger partial charge in [-0.05, 0) is 61.7 Å². The molecular formula is C28H38O6. The van der Waals surface area contributed by atoms with Crippen LogP contribution in [0.4, 0.5) is 0 Å². The predicted molar refractivity (Wildman–Crippen MR) is 131 cm³/mol. The summed E-state index contributed by atoms with van der Waals surface area (Å²) in [4.78, 5) is 48.5. The molecule has 2 aliphatic carbocycles. The first kappa shape index (κ1) is 27.5. The van der Waals surface area contributed by atoms with E-state index in [1.165, 1.54) is 12.2 Å². The van der Waals surface area contributed by atoms with E-state index < -0.39 is 35.3 Å². The van der Waals surface area contributed by atoms with E-state index in [1.54, 1.807) is 13.0 Å². The molecule has 0 aromatic carbocycles. The Morgan fingerprint density at radius 2 is 1.97 bits per heavy atom. The Kier molecular flexibility index (Phi) is 9.37. The number of carbonyl (C=O) groups is 4. The van der Waals surface area contributed by atoms with E-state index in [1.807, 2.05) is 6.92 Å². The Balaban J connectivity index is 2.20. The number of aldehydes is 1. The number of carboxylic acid groups (broad SMARTS) is 1. The molecule has 186 valence electrons. The molecule has 1 saturated carbocycles. The molecule has 6 atom stereocenters. The van der Waals surface area contributed by atoms with Gasteiger partial charge in [-0.3, -0.25) is 14.4 Å². The first-order valence-corrected chi connectivity index (χ1v) is 12.1. The van der Waals surface area contributed by atoms with Crippen molar-refractivity contribution in [2.45, 2.75) is 72.8 Å². The molecule has 2 aliphatic rings. The lowest BCUT2D eigenvalue weighted by Crippen LogP contribution is -2.49. The molecule has 0 bridgehead atoms. The highest BCUT2D eigenvalue weighted by atomic mass is 16.5. The molecule has 6 heteroatoms. The lowest BCUT2D eigenvalue weighted by Gasteiger charge is -2.48. The van der Waals surface area contributed by atoms with Crippen LogP contribution in [0, 0.1) is 29.1 Å². The van der Waals surface area contributed by atoms with Crippen molar-refractivity contribution in [3.8, 4) is 0 Å². The molecule has 1 fully saturated rings. The number of carboxylic acids is 1. The van der Waals surface area contributed by atoms with E-state index in [0.29, 0.717) is 36.5 Å². The van der Waals surface area contributed by atoms with E-state index in [4.69, 9.17) is 4.74 Å². The van der Waals surface area contributed by atoms with Crippen LogP contribution in [0.2, 0.25) is 0 Å². The molecule has 0 aromatic heterocycles. The second kappa shape index (κ2) is 11.6. The second-order valence-corrected chi connectivity index (χ2v) is 10.2. The van der Waals surface area contributed by atoms with Crippen LogP contribution < -0.4 is 0 Å². The minimum absolute atomic E-state index is 0.137. The fraction of sp³-hybridized carbons (Fsp3) is 0.571. The standard InChI is InChI=1S/C28H38O6/c1-7-17(2)12-19(4)13-18(3)8-11-26(31)34-25-10-9-22(27(32)33)28(6)15-21(20(5)16-29)24(30)14-23(25)28/h8,11,13-14,16-17,19,21-22,25H,5,7,9-10,12,15H2,1-4,6H3,(H,32,33)/b11-8+,18-13+/t17-,19-,21+,22+,25+,28+/m0/s1. The van der Waals surface area contributed by atoms with Gasteiger partial charge < -0.3 is 9.84 Å². The zero-order valence-corrected chi connectivity index (χ0v) is 21.0. The number of ether oxygens (including phenoxy) is 1. The van der Waals surface area contributed by atoms with Crippen LogP contribution >= 0.6 is 0 Å². The third kappa shape index (κ3) is 6.43. The molecule has 1 N–H and O–H groups in total. The number of hydrogen-bond acceptors (Lipinski definition) is 5. The Labute approximate surface area is 202 Å². The average molecular weight is 471 g/mol. The van der Waals surface area contributed by atoms with Crippen LogP contribution in [0.1, 0.15) is 66.7 Å². The lowest BCUT2D eigenvalue weighted by molar-refractivity contribution is -0.152. The summed E-state index contributed by atoms with van der Waals surface area (Å²) in [6.07, 6.45) is 9.48. The van der Waals surface area contributed by atoms with Crippen molar-refractivity contribution in [2.75, 3.05) is 0 Å². The van der Waals surface area contributed by atoms with Gasteiger partial charge in [-0.25, -0.2) is 4.79 Å². The minimum Gasteiger partial charge on any atom is -0.481 e. The van der Waals surface area contributed by atoms with Gasteiger partial charge in [-0.15, -0.1) is 0 Å². The number of carbonyl (C=O) groups excluding carboxylic acids is 3. The van der Waals surface area contributed by atoms with Gasteiger partial charge in [-0.1, -0.05) is 58.4 Å². The molecule has 0 amide bonds. The van der Waals surface area contributed by atoms with Crippen LogP contribution in [0.25, 0.3) is 0 Å². The van der Waals surface area contributed by atoms with Gasteiger partial charge in [0.2, 0.25) is 0 Å². The Morgan fingerprint density at radius 1 is 1.29 bits per heavy atom. The van der Waals surface area contributed by atoms with Gasteiger partial charge in [0, 0.05) is 11.5 Å². The van der Waals surface area contributed by atoms with E-state index >= 15 is 0 Å². The molecule has 0 aromatic rings. The van der Waals surface area contributed by atoms with Gasteiger partial charge in [0.15, 0.2) is 5.78 Å². The number of ketones is 1. The van der Waals surface area contributed by atoms with Crippen molar-refractivity contribution in [3.05, 3.63) is 47.6 Å². The SMILES string of the molecule is C=C(C=O)[C@H]1C[C@@]2(C)C(=CC1=O)[C@H](OC(=O)/C=C/C(C)=C/[C@@H](C)C[C@@H](C)CC)CC[C@@H]2C(=O)O. The van der Waals surface area contributed by atoms with Gasteiger partial charge in [-0.2, -0.15) is 0 Å². The summed E-state index contributed by atoms with van der Waals surface area (Å²) in [7, 11) is 0. The molecule has 0 spiro atoms. The molecule has 0 heterocycles. The fourth-order valence-electron chi connectivity index (χ4n) is 5.32.